The fraction of sp³-hybridized carbons (Fsp3) is 0.371. The van der Waals surface area contributed by atoms with E-state index in [1.165, 1.54) is 45.4 Å². The van der Waals surface area contributed by atoms with Crippen molar-refractivity contribution >= 4 is 51.3 Å². The van der Waals surface area contributed by atoms with Crippen LogP contribution >= 0.6 is 15.9 Å². The van der Waals surface area contributed by atoms with Crippen LogP contribution in [0.5, 0.6) is 28.7 Å². The number of benzene rings is 3. The highest BCUT2D eigenvalue weighted by Gasteiger charge is 2.29. The number of aldehydes is 1. The predicted molar refractivity (Wildman–Crippen MR) is 188 cm³/mol. The topological polar surface area (TPSA) is 136 Å². The molecule has 0 saturated heterocycles. The molecule has 0 saturated carbocycles. The summed E-state index contributed by atoms with van der Waals surface area (Å²) in [5.41, 5.74) is 2.83. The van der Waals surface area contributed by atoms with Crippen molar-refractivity contribution in [2.24, 2.45) is 0 Å². The molecule has 0 spiro atoms. The quantitative estimate of drug-likeness (QED) is 0.179. The van der Waals surface area contributed by atoms with Crippen molar-refractivity contribution in [3.8, 4) is 28.7 Å². The lowest BCUT2D eigenvalue weighted by Gasteiger charge is -2.27. The molecule has 3 rings (SSSR count). The second-order valence-corrected chi connectivity index (χ2v) is 11.7. The van der Waals surface area contributed by atoms with Crippen molar-refractivity contribution in [2.45, 2.75) is 40.2 Å². The van der Waals surface area contributed by atoms with Crippen molar-refractivity contribution in [1.29, 1.82) is 0 Å². The molecule has 2 N–H and O–H groups in total. The van der Waals surface area contributed by atoms with Gasteiger partial charge in [0.15, 0.2) is 17.2 Å². The van der Waals surface area contributed by atoms with E-state index in [-0.39, 0.29) is 46.4 Å². The highest BCUT2D eigenvalue weighted by atomic mass is 79.9. The summed E-state index contributed by atoms with van der Waals surface area (Å²) in [5, 5.41) is 5.90. The van der Waals surface area contributed by atoms with Crippen LogP contribution in [0.25, 0.3) is 0 Å². The van der Waals surface area contributed by atoms with E-state index < -0.39 is 17.9 Å². The van der Waals surface area contributed by atoms with Gasteiger partial charge in [0.2, 0.25) is 11.7 Å². The van der Waals surface area contributed by atoms with Gasteiger partial charge in [-0.3, -0.25) is 14.4 Å². The van der Waals surface area contributed by atoms with E-state index in [9.17, 15) is 19.2 Å². The third-order valence-corrected chi connectivity index (χ3v) is 8.57. The number of methoxy groups -OCH3 is 3. The van der Waals surface area contributed by atoms with E-state index in [4.69, 9.17) is 18.9 Å². The van der Waals surface area contributed by atoms with Gasteiger partial charge in [0.1, 0.15) is 12.0 Å². The van der Waals surface area contributed by atoms with E-state index in [0.717, 1.165) is 11.1 Å². The second-order valence-electron chi connectivity index (χ2n) is 10.9. The van der Waals surface area contributed by atoms with Crippen LogP contribution in [0.15, 0.2) is 40.9 Å². The number of halogens is 1. The molecule has 1 atom stereocenters. The second kappa shape index (κ2) is 16.9. The van der Waals surface area contributed by atoms with Crippen LogP contribution in [0.3, 0.4) is 0 Å². The number of likely N-dealkylation sites (N-methyl/N-ethyl adjacent to an activating group) is 1. The van der Waals surface area contributed by atoms with Gasteiger partial charge in [0.05, 0.1) is 55.1 Å². The molecular weight excluding hydrogens is 684 g/mol. The third-order valence-electron chi connectivity index (χ3n) is 7.78. The number of nitrogens with zero attached hydrogens (tertiary/aromatic N) is 2. The molecule has 0 radical (unpaired) electrons. The molecule has 0 aliphatic rings. The van der Waals surface area contributed by atoms with Gasteiger partial charge in [-0.2, -0.15) is 0 Å². The van der Waals surface area contributed by atoms with Gasteiger partial charge in [-0.1, -0.05) is 6.07 Å². The molecule has 258 valence electrons. The van der Waals surface area contributed by atoms with Crippen LogP contribution in [-0.4, -0.2) is 88.4 Å². The molecular formula is C35H43BrN4O8. The standard InChI is InChI=1S/C35H43BrN4O8/c1-10-40(11-2)30(42)15-22(19-41)39(6)35(44)24-16-28(48-23-13-20(3)12-21(4)14-23)27(18-26(24)37-5)38-34(43)25-17-29(45-7)32(46-8)33(47-9)31(25)36/h12-14,16-19,22,37H,10-11,15H2,1-9H3,(H,38,43). The van der Waals surface area contributed by atoms with Crippen molar-refractivity contribution in [3.05, 3.63) is 63.1 Å². The number of hydrogen-bond acceptors (Lipinski definition) is 9. The van der Waals surface area contributed by atoms with Crippen LogP contribution in [-0.2, 0) is 9.59 Å². The van der Waals surface area contributed by atoms with Crippen molar-refractivity contribution in [1.82, 2.24) is 9.80 Å². The monoisotopic (exact) mass is 726 g/mol. The Morgan fingerprint density at radius 3 is 1.98 bits per heavy atom. The van der Waals surface area contributed by atoms with Crippen molar-refractivity contribution < 1.29 is 38.1 Å². The van der Waals surface area contributed by atoms with Crippen LogP contribution in [0.1, 0.15) is 52.1 Å². The van der Waals surface area contributed by atoms with E-state index in [0.29, 0.717) is 41.0 Å². The summed E-state index contributed by atoms with van der Waals surface area (Å²) in [4.78, 5) is 55.5. The molecule has 48 heavy (non-hydrogen) atoms. The largest absolute Gasteiger partial charge is 0.493 e. The Kier molecular flexibility index (Phi) is 13.2. The Balaban J connectivity index is 2.13. The molecule has 0 aromatic heterocycles. The Hall–Kier alpha value is -4.78. The highest BCUT2D eigenvalue weighted by molar-refractivity contribution is 9.10. The lowest BCUT2D eigenvalue weighted by atomic mass is 10.1. The van der Waals surface area contributed by atoms with Gasteiger partial charge in [-0.15, -0.1) is 0 Å². The third kappa shape index (κ3) is 8.38. The summed E-state index contributed by atoms with van der Waals surface area (Å²) in [7, 11) is 7.45. The number of carbonyl (C=O) groups is 4. The first-order valence-corrected chi connectivity index (χ1v) is 16.1. The fourth-order valence-electron chi connectivity index (χ4n) is 5.24. The van der Waals surface area contributed by atoms with Gasteiger partial charge >= 0.3 is 0 Å². The Morgan fingerprint density at radius 2 is 1.46 bits per heavy atom. The zero-order valence-corrected chi connectivity index (χ0v) is 30.4. The number of amides is 3. The number of rotatable bonds is 15. The number of aryl methyl sites for hydroxylation is 2. The van der Waals surface area contributed by atoms with E-state index >= 15 is 0 Å². The smallest absolute Gasteiger partial charge is 0.257 e. The molecule has 12 nitrogen and oxygen atoms in total. The molecule has 3 aromatic carbocycles. The summed E-state index contributed by atoms with van der Waals surface area (Å²) in [6.45, 7) is 8.53. The lowest BCUT2D eigenvalue weighted by molar-refractivity contribution is -0.133. The number of ether oxygens (including phenoxy) is 4. The first-order valence-electron chi connectivity index (χ1n) is 15.3. The van der Waals surface area contributed by atoms with Crippen LogP contribution < -0.4 is 29.6 Å². The maximum absolute atomic E-state index is 13.9. The summed E-state index contributed by atoms with van der Waals surface area (Å²) >= 11 is 3.46. The van der Waals surface area contributed by atoms with E-state index in [1.807, 2.05) is 45.9 Å². The minimum absolute atomic E-state index is 0.161. The lowest BCUT2D eigenvalue weighted by Crippen LogP contribution is -2.43. The fourth-order valence-corrected chi connectivity index (χ4v) is 5.88. The normalized spacial score (nSPS) is 11.2. The summed E-state index contributed by atoms with van der Waals surface area (Å²) in [6, 6.07) is 9.22. The molecule has 3 aromatic rings. The Morgan fingerprint density at radius 1 is 0.854 bits per heavy atom. The van der Waals surface area contributed by atoms with Gasteiger partial charge in [0, 0.05) is 32.9 Å². The maximum atomic E-state index is 13.9. The maximum Gasteiger partial charge on any atom is 0.257 e. The van der Waals surface area contributed by atoms with Crippen molar-refractivity contribution in [2.75, 3.05) is 59.1 Å². The van der Waals surface area contributed by atoms with Crippen LogP contribution in [0.2, 0.25) is 0 Å². The molecule has 0 heterocycles. The molecule has 0 aliphatic heterocycles. The van der Waals surface area contributed by atoms with Crippen molar-refractivity contribution in [3.63, 3.8) is 0 Å². The first-order chi connectivity index (χ1) is 22.9. The number of carbonyl (C=O) groups excluding carboxylic acids is 4. The Bertz CT molecular complexity index is 1650. The minimum Gasteiger partial charge on any atom is -0.493 e. The zero-order chi connectivity index (χ0) is 35.7. The van der Waals surface area contributed by atoms with Gasteiger partial charge < -0.3 is 44.2 Å². The average molecular weight is 728 g/mol. The van der Waals surface area contributed by atoms with Gasteiger partial charge in [-0.25, -0.2) is 0 Å². The molecule has 0 bridgehead atoms. The summed E-state index contributed by atoms with van der Waals surface area (Å²) in [5.74, 6) is 0.182. The number of hydrogen-bond donors (Lipinski definition) is 2. The zero-order valence-electron chi connectivity index (χ0n) is 28.8. The number of nitrogens with one attached hydrogen (secondary N) is 2. The van der Waals surface area contributed by atoms with Gasteiger partial charge in [0.25, 0.3) is 11.8 Å². The number of anilines is 2. The van der Waals surface area contributed by atoms with Crippen LogP contribution in [0.4, 0.5) is 11.4 Å². The molecule has 0 aliphatic carbocycles. The van der Waals surface area contributed by atoms with Gasteiger partial charge in [-0.05, 0) is 85.1 Å². The summed E-state index contributed by atoms with van der Waals surface area (Å²) < 4.78 is 23.0. The molecule has 1 unspecified atom stereocenters. The molecule has 3 amide bonds. The average Bonchev–Trinajstić information content (AvgIpc) is 3.06. The SMILES string of the molecule is CCN(CC)C(=O)CC(C=O)N(C)C(=O)c1cc(Oc2cc(C)cc(C)c2)c(NC(=O)c2cc(OC)c(OC)c(OC)c2Br)cc1NC. The van der Waals surface area contributed by atoms with Crippen LogP contribution in [0, 0.1) is 13.8 Å². The highest BCUT2D eigenvalue weighted by Crippen LogP contribution is 2.45. The molecule has 13 heteroatoms. The van der Waals surface area contributed by atoms with E-state index in [1.54, 1.807) is 18.0 Å². The Labute approximate surface area is 289 Å². The van der Waals surface area contributed by atoms with E-state index in [2.05, 4.69) is 26.6 Å². The molecule has 0 fully saturated rings. The summed E-state index contributed by atoms with van der Waals surface area (Å²) in [6.07, 6.45) is 0.432. The minimum atomic E-state index is -1.00. The predicted octanol–water partition coefficient (Wildman–Crippen LogP) is 6.08. The first kappa shape index (κ1) is 37.7.